The van der Waals surface area contributed by atoms with E-state index in [0.29, 0.717) is 5.69 Å². The normalized spacial score (nSPS) is 10.6. The van der Waals surface area contributed by atoms with Gasteiger partial charge in [-0.05, 0) is 18.2 Å². The summed E-state index contributed by atoms with van der Waals surface area (Å²) in [6, 6.07) is 5.67. The molecule has 2 aromatic rings. The number of aromatic amines is 1. The maximum Gasteiger partial charge on any atom is 0.274 e. The van der Waals surface area contributed by atoms with Gasteiger partial charge in [0, 0.05) is 24.0 Å². The van der Waals surface area contributed by atoms with E-state index in [1.807, 2.05) is 18.2 Å². The van der Waals surface area contributed by atoms with Crippen LogP contribution >= 0.6 is 15.9 Å². The maximum atomic E-state index is 11.7. The molecule has 0 fully saturated rings. The first-order valence-corrected chi connectivity index (χ1v) is 5.24. The Morgan fingerprint density at radius 2 is 2.20 bits per heavy atom. The summed E-state index contributed by atoms with van der Waals surface area (Å²) in [4.78, 5) is 13.2. The third-order valence-electron chi connectivity index (χ3n) is 2.13. The van der Waals surface area contributed by atoms with Crippen LogP contribution in [-0.4, -0.2) is 35.1 Å². The molecule has 2 rings (SSSR count). The largest absolute Gasteiger partial charge is 0.343 e. The molecular formula is C10H10BrN3O. The number of amides is 1. The predicted molar refractivity (Wildman–Crippen MR) is 61.8 cm³/mol. The number of hydrogen-bond acceptors (Lipinski definition) is 2. The Balaban J connectivity index is 2.59. The van der Waals surface area contributed by atoms with E-state index < -0.39 is 0 Å². The predicted octanol–water partition coefficient (Wildman–Crippen LogP) is 2.03. The second kappa shape index (κ2) is 3.66. The van der Waals surface area contributed by atoms with Crippen molar-refractivity contribution in [2.75, 3.05) is 14.1 Å². The Kier molecular flexibility index (Phi) is 2.48. The minimum atomic E-state index is -0.0939. The SMILES string of the molecule is CN(C)C(=O)c1n[nH]c2cc(Br)ccc12. The Hall–Kier alpha value is -1.36. The van der Waals surface area contributed by atoms with Gasteiger partial charge in [-0.1, -0.05) is 15.9 Å². The fourth-order valence-corrected chi connectivity index (χ4v) is 1.73. The number of nitrogens with zero attached hydrogens (tertiary/aromatic N) is 2. The molecule has 0 radical (unpaired) electrons. The molecule has 1 N–H and O–H groups in total. The number of carbonyl (C=O) groups excluding carboxylic acids is 1. The van der Waals surface area contributed by atoms with Crippen LogP contribution in [0.1, 0.15) is 10.5 Å². The summed E-state index contributed by atoms with van der Waals surface area (Å²) in [6.45, 7) is 0. The van der Waals surface area contributed by atoms with Gasteiger partial charge in [0.2, 0.25) is 0 Å². The molecule has 0 aliphatic carbocycles. The van der Waals surface area contributed by atoms with Crippen LogP contribution in [0, 0.1) is 0 Å². The van der Waals surface area contributed by atoms with Gasteiger partial charge in [-0.15, -0.1) is 0 Å². The summed E-state index contributed by atoms with van der Waals surface area (Å²) in [7, 11) is 3.42. The molecule has 1 amide bonds. The van der Waals surface area contributed by atoms with E-state index in [1.165, 1.54) is 4.90 Å². The smallest absolute Gasteiger partial charge is 0.274 e. The monoisotopic (exact) mass is 267 g/mol. The van der Waals surface area contributed by atoms with Gasteiger partial charge in [-0.25, -0.2) is 0 Å². The number of carbonyl (C=O) groups is 1. The van der Waals surface area contributed by atoms with Crippen molar-refractivity contribution < 1.29 is 4.79 Å². The summed E-state index contributed by atoms with van der Waals surface area (Å²) in [5.41, 5.74) is 1.32. The van der Waals surface area contributed by atoms with Gasteiger partial charge in [0.15, 0.2) is 5.69 Å². The molecule has 78 valence electrons. The zero-order valence-corrected chi connectivity index (χ0v) is 10.00. The number of benzene rings is 1. The first-order valence-electron chi connectivity index (χ1n) is 4.45. The molecule has 1 heterocycles. The van der Waals surface area contributed by atoms with Gasteiger partial charge < -0.3 is 4.90 Å². The number of halogens is 1. The fraction of sp³-hybridized carbons (Fsp3) is 0.200. The van der Waals surface area contributed by atoms with Crippen molar-refractivity contribution in [2.45, 2.75) is 0 Å². The number of fused-ring (bicyclic) bond motifs is 1. The molecule has 0 saturated carbocycles. The van der Waals surface area contributed by atoms with E-state index >= 15 is 0 Å². The van der Waals surface area contributed by atoms with Crippen LogP contribution in [0.2, 0.25) is 0 Å². The van der Waals surface area contributed by atoms with Gasteiger partial charge in [0.25, 0.3) is 5.91 Å². The van der Waals surface area contributed by atoms with Crippen molar-refractivity contribution in [2.24, 2.45) is 0 Å². The standard InChI is InChI=1S/C10H10BrN3O/c1-14(2)10(15)9-7-4-3-6(11)5-8(7)12-13-9/h3-5H,1-2H3,(H,12,13). The highest BCUT2D eigenvalue weighted by atomic mass is 79.9. The Morgan fingerprint density at radius 3 is 2.87 bits per heavy atom. The second-order valence-corrected chi connectivity index (χ2v) is 4.38. The first kappa shape index (κ1) is 10.2. The molecule has 0 aliphatic heterocycles. The van der Waals surface area contributed by atoms with Gasteiger partial charge >= 0.3 is 0 Å². The second-order valence-electron chi connectivity index (χ2n) is 3.46. The average Bonchev–Trinajstić information content (AvgIpc) is 2.59. The highest BCUT2D eigenvalue weighted by molar-refractivity contribution is 9.10. The molecule has 0 atom stereocenters. The first-order chi connectivity index (χ1) is 7.09. The minimum Gasteiger partial charge on any atom is -0.343 e. The molecule has 1 aromatic carbocycles. The minimum absolute atomic E-state index is 0.0939. The number of hydrogen-bond donors (Lipinski definition) is 1. The van der Waals surface area contributed by atoms with Gasteiger partial charge in [-0.3, -0.25) is 9.89 Å². The van der Waals surface area contributed by atoms with E-state index in [-0.39, 0.29) is 5.91 Å². The van der Waals surface area contributed by atoms with Crippen LogP contribution in [0.25, 0.3) is 10.9 Å². The highest BCUT2D eigenvalue weighted by Gasteiger charge is 2.15. The van der Waals surface area contributed by atoms with Crippen LogP contribution in [0.4, 0.5) is 0 Å². The molecule has 0 saturated heterocycles. The summed E-state index contributed by atoms with van der Waals surface area (Å²) in [6.07, 6.45) is 0. The zero-order valence-electron chi connectivity index (χ0n) is 8.41. The lowest BCUT2D eigenvalue weighted by Crippen LogP contribution is -2.22. The van der Waals surface area contributed by atoms with Crippen molar-refractivity contribution in [3.05, 3.63) is 28.4 Å². The molecule has 0 aliphatic rings. The van der Waals surface area contributed by atoms with Crippen LogP contribution in [0.15, 0.2) is 22.7 Å². The number of rotatable bonds is 1. The van der Waals surface area contributed by atoms with Crippen LogP contribution in [0.5, 0.6) is 0 Å². The average molecular weight is 268 g/mol. The molecule has 0 spiro atoms. The molecule has 4 nitrogen and oxygen atoms in total. The molecule has 0 unspecified atom stereocenters. The number of H-pyrrole nitrogens is 1. The van der Waals surface area contributed by atoms with E-state index in [0.717, 1.165) is 15.4 Å². The van der Waals surface area contributed by atoms with E-state index in [4.69, 9.17) is 0 Å². The van der Waals surface area contributed by atoms with Crippen molar-refractivity contribution in [1.82, 2.24) is 15.1 Å². The van der Waals surface area contributed by atoms with E-state index in [9.17, 15) is 4.79 Å². The third kappa shape index (κ3) is 1.74. The van der Waals surface area contributed by atoms with Crippen molar-refractivity contribution in [3.8, 4) is 0 Å². The van der Waals surface area contributed by atoms with Crippen LogP contribution < -0.4 is 0 Å². The molecule has 5 heteroatoms. The third-order valence-corrected chi connectivity index (χ3v) is 2.63. The van der Waals surface area contributed by atoms with Crippen LogP contribution in [-0.2, 0) is 0 Å². The lowest BCUT2D eigenvalue weighted by atomic mass is 10.2. The Labute approximate surface area is 95.4 Å². The lowest BCUT2D eigenvalue weighted by molar-refractivity contribution is 0.0824. The van der Waals surface area contributed by atoms with Crippen molar-refractivity contribution in [3.63, 3.8) is 0 Å². The summed E-state index contributed by atoms with van der Waals surface area (Å²) in [5.74, 6) is -0.0939. The van der Waals surface area contributed by atoms with Crippen LogP contribution in [0.3, 0.4) is 0 Å². The number of aromatic nitrogens is 2. The summed E-state index contributed by atoms with van der Waals surface area (Å²) in [5, 5.41) is 7.70. The molecule has 0 bridgehead atoms. The molecule has 1 aromatic heterocycles. The van der Waals surface area contributed by atoms with E-state index in [2.05, 4.69) is 26.1 Å². The topological polar surface area (TPSA) is 49.0 Å². The maximum absolute atomic E-state index is 11.7. The lowest BCUT2D eigenvalue weighted by Gasteiger charge is -2.07. The van der Waals surface area contributed by atoms with Crippen molar-refractivity contribution in [1.29, 1.82) is 0 Å². The molecule has 15 heavy (non-hydrogen) atoms. The Bertz CT molecular complexity index is 518. The fourth-order valence-electron chi connectivity index (χ4n) is 1.37. The Morgan fingerprint density at radius 1 is 1.47 bits per heavy atom. The highest BCUT2D eigenvalue weighted by Crippen LogP contribution is 2.21. The zero-order chi connectivity index (χ0) is 11.0. The quantitative estimate of drug-likeness (QED) is 0.860. The van der Waals surface area contributed by atoms with Gasteiger partial charge in [0.1, 0.15) is 0 Å². The number of nitrogens with one attached hydrogen (secondary N) is 1. The van der Waals surface area contributed by atoms with Crippen molar-refractivity contribution >= 4 is 32.7 Å². The van der Waals surface area contributed by atoms with Gasteiger partial charge in [-0.2, -0.15) is 5.10 Å². The summed E-state index contributed by atoms with van der Waals surface area (Å²) < 4.78 is 0.961. The van der Waals surface area contributed by atoms with Gasteiger partial charge in [0.05, 0.1) is 5.52 Å². The van der Waals surface area contributed by atoms with E-state index in [1.54, 1.807) is 14.1 Å². The molecular weight excluding hydrogens is 258 g/mol. The summed E-state index contributed by atoms with van der Waals surface area (Å²) >= 11 is 3.36.